The molecule has 0 saturated heterocycles. The molecule has 24 heavy (non-hydrogen) atoms. The number of nitrogens with zero attached hydrogens (tertiary/aromatic N) is 3. The quantitative estimate of drug-likeness (QED) is 0.369. The molecule has 0 aliphatic heterocycles. The molecule has 5 nitrogen and oxygen atoms in total. The molecule has 0 saturated carbocycles. The van der Waals surface area contributed by atoms with Gasteiger partial charge in [-0.1, -0.05) is 33.5 Å². The Labute approximate surface area is 153 Å². The lowest BCUT2D eigenvalue weighted by atomic mass is 9.88. The van der Waals surface area contributed by atoms with Crippen molar-refractivity contribution in [1.29, 1.82) is 0 Å². The molecule has 2 heterocycles. The molecule has 0 aliphatic carbocycles. The van der Waals surface area contributed by atoms with Crippen molar-refractivity contribution < 1.29 is 9.53 Å². The molecule has 0 atom stereocenters. The highest BCUT2D eigenvalue weighted by Crippen LogP contribution is 2.26. The Kier molecular flexibility index (Phi) is 5.98. The fourth-order valence-corrected chi connectivity index (χ4v) is 3.44. The summed E-state index contributed by atoms with van der Waals surface area (Å²) in [6.45, 7) is 12.1. The fourth-order valence-electron chi connectivity index (χ4n) is 2.40. The Morgan fingerprint density at radius 3 is 2.71 bits per heavy atom. The number of aldehydes is 1. The molecular weight excluding hydrogens is 386 g/mol. The van der Waals surface area contributed by atoms with Crippen molar-refractivity contribution in [3.8, 4) is 0 Å². The van der Waals surface area contributed by atoms with Gasteiger partial charge in [0.05, 0.1) is 6.20 Å². The van der Waals surface area contributed by atoms with Gasteiger partial charge in [-0.2, -0.15) is 0 Å². The highest BCUT2D eigenvalue weighted by Gasteiger charge is 2.22. The van der Waals surface area contributed by atoms with Gasteiger partial charge in [-0.05, 0) is 34.0 Å². The van der Waals surface area contributed by atoms with E-state index in [0.29, 0.717) is 17.8 Å². The van der Waals surface area contributed by atoms with Crippen molar-refractivity contribution in [1.82, 2.24) is 14.5 Å². The summed E-state index contributed by atoms with van der Waals surface area (Å²) in [6.07, 6.45) is 5.32. The summed E-state index contributed by atoms with van der Waals surface area (Å²) in [7, 11) is -1.10. The van der Waals surface area contributed by atoms with Gasteiger partial charge < -0.3 is 14.1 Å². The van der Waals surface area contributed by atoms with Gasteiger partial charge in [-0.15, -0.1) is 0 Å². The van der Waals surface area contributed by atoms with Crippen molar-refractivity contribution in [3.63, 3.8) is 0 Å². The van der Waals surface area contributed by atoms with Crippen LogP contribution < -0.4 is 0 Å². The lowest BCUT2D eigenvalue weighted by Crippen LogP contribution is -2.22. The zero-order chi connectivity index (χ0) is 18.0. The summed E-state index contributed by atoms with van der Waals surface area (Å²) in [6, 6.07) is 1.13. The van der Waals surface area contributed by atoms with Crippen molar-refractivity contribution in [3.05, 3.63) is 22.6 Å². The normalized spacial score (nSPS) is 12.8. The van der Waals surface area contributed by atoms with Crippen LogP contribution in [0.1, 0.15) is 19.4 Å². The van der Waals surface area contributed by atoms with E-state index >= 15 is 0 Å². The third-order valence-electron chi connectivity index (χ3n) is 3.80. The van der Waals surface area contributed by atoms with Gasteiger partial charge in [0.1, 0.15) is 23.1 Å². The molecule has 0 unspecified atom stereocenters. The van der Waals surface area contributed by atoms with Crippen molar-refractivity contribution >= 4 is 41.5 Å². The van der Waals surface area contributed by atoms with Crippen LogP contribution in [0.15, 0.2) is 17.0 Å². The lowest BCUT2D eigenvalue weighted by molar-refractivity contribution is -0.114. The van der Waals surface area contributed by atoms with E-state index < -0.39 is 13.5 Å². The molecule has 2 rings (SSSR count). The molecule has 0 amide bonds. The Bertz CT molecular complexity index is 722. The minimum absolute atomic E-state index is 0.429. The van der Waals surface area contributed by atoms with Crippen LogP contribution >= 0.6 is 15.9 Å². The molecule has 0 spiro atoms. The predicted molar refractivity (Wildman–Crippen MR) is 103 cm³/mol. The molecule has 0 aromatic carbocycles. The van der Waals surface area contributed by atoms with Crippen LogP contribution in [0.5, 0.6) is 0 Å². The first-order valence-electron chi connectivity index (χ1n) is 8.16. The predicted octanol–water partition coefficient (Wildman–Crippen LogP) is 4.27. The Balaban J connectivity index is 2.22. The van der Waals surface area contributed by atoms with Gasteiger partial charge in [0.2, 0.25) is 0 Å². The molecule has 0 fully saturated rings. The zero-order valence-electron chi connectivity index (χ0n) is 15.1. The zero-order valence-corrected chi connectivity index (χ0v) is 17.7. The number of hydrogen-bond acceptors (Lipinski definition) is 4. The van der Waals surface area contributed by atoms with Crippen LogP contribution in [-0.4, -0.2) is 35.5 Å². The fraction of sp³-hybridized carbons (Fsp3) is 0.588. The Morgan fingerprint density at radius 1 is 1.38 bits per heavy atom. The second kappa shape index (κ2) is 7.45. The maximum atomic E-state index is 11.3. The smallest absolute Gasteiger partial charge is 0.160 e. The SMILES string of the molecule is CC(C)(C=O)Cc1cn(COCC[Si](C)(C)C)c2ncc(Br)nc12. The molecule has 0 radical (unpaired) electrons. The van der Waals surface area contributed by atoms with E-state index in [1.165, 1.54) is 0 Å². The Hall–Kier alpha value is -1.05. The standard InChI is InChI=1S/C17H26BrN3O2Si/c1-17(2,11-22)8-13-10-21(12-23-6-7-24(3,4)5)16-15(13)20-14(18)9-19-16/h9-11H,6-8,12H2,1-5H3. The van der Waals surface area contributed by atoms with E-state index in [1.807, 2.05) is 24.6 Å². The highest BCUT2D eigenvalue weighted by atomic mass is 79.9. The highest BCUT2D eigenvalue weighted by molar-refractivity contribution is 9.10. The van der Waals surface area contributed by atoms with Crippen LogP contribution in [0.25, 0.3) is 11.2 Å². The van der Waals surface area contributed by atoms with Crippen LogP contribution in [0, 0.1) is 5.41 Å². The molecular formula is C17H26BrN3O2Si. The molecule has 7 heteroatoms. The lowest BCUT2D eigenvalue weighted by Gasteiger charge is -2.16. The molecule has 132 valence electrons. The minimum atomic E-state index is -1.10. The number of halogens is 1. The number of fused-ring (bicyclic) bond motifs is 1. The average Bonchev–Trinajstić information content (AvgIpc) is 2.79. The summed E-state index contributed by atoms with van der Waals surface area (Å²) >= 11 is 3.38. The maximum Gasteiger partial charge on any atom is 0.160 e. The van der Waals surface area contributed by atoms with Gasteiger partial charge in [-0.25, -0.2) is 9.97 Å². The summed E-state index contributed by atoms with van der Waals surface area (Å²) in [5.41, 5.74) is 2.21. The number of hydrogen-bond donors (Lipinski definition) is 0. The number of carbonyl (C=O) groups is 1. The summed E-state index contributed by atoms with van der Waals surface area (Å²) < 4.78 is 8.53. The first kappa shape index (κ1) is 19.3. The summed E-state index contributed by atoms with van der Waals surface area (Å²) in [5.74, 6) is 0. The van der Waals surface area contributed by atoms with E-state index in [-0.39, 0.29) is 0 Å². The van der Waals surface area contributed by atoms with Crippen molar-refractivity contribution in [2.24, 2.45) is 5.41 Å². The van der Waals surface area contributed by atoms with Crippen LogP contribution in [-0.2, 0) is 22.7 Å². The van der Waals surface area contributed by atoms with Gasteiger partial charge in [0, 0.05) is 26.3 Å². The third-order valence-corrected chi connectivity index (χ3v) is 5.89. The molecule has 0 N–H and O–H groups in total. The van der Waals surface area contributed by atoms with Crippen molar-refractivity contribution in [2.45, 2.75) is 52.7 Å². The second-order valence-corrected chi connectivity index (χ2v) is 14.6. The first-order valence-corrected chi connectivity index (χ1v) is 12.7. The number of rotatable bonds is 8. The van der Waals surface area contributed by atoms with Gasteiger partial charge in [0.15, 0.2) is 5.65 Å². The summed E-state index contributed by atoms with van der Waals surface area (Å²) in [4.78, 5) is 20.3. The largest absolute Gasteiger partial charge is 0.361 e. The van der Waals surface area contributed by atoms with E-state index in [9.17, 15) is 4.79 Å². The van der Waals surface area contributed by atoms with Crippen LogP contribution in [0.2, 0.25) is 25.7 Å². The van der Waals surface area contributed by atoms with Gasteiger partial charge >= 0.3 is 0 Å². The first-order chi connectivity index (χ1) is 11.1. The second-order valence-electron chi connectivity index (χ2n) is 8.12. The Morgan fingerprint density at radius 2 is 2.08 bits per heavy atom. The third kappa shape index (κ3) is 5.22. The number of ether oxygens (including phenoxy) is 1. The average molecular weight is 412 g/mol. The monoisotopic (exact) mass is 411 g/mol. The minimum Gasteiger partial charge on any atom is -0.361 e. The van der Waals surface area contributed by atoms with Crippen molar-refractivity contribution in [2.75, 3.05) is 6.61 Å². The molecule has 0 bridgehead atoms. The topological polar surface area (TPSA) is 57.0 Å². The summed E-state index contributed by atoms with van der Waals surface area (Å²) in [5, 5.41) is 0. The van der Waals surface area contributed by atoms with Gasteiger partial charge in [-0.3, -0.25) is 0 Å². The number of aromatic nitrogens is 3. The molecule has 2 aromatic heterocycles. The molecule has 0 aliphatic rings. The van der Waals surface area contributed by atoms with E-state index in [2.05, 4.69) is 45.5 Å². The van der Waals surface area contributed by atoms with E-state index in [1.54, 1.807) is 6.20 Å². The number of carbonyl (C=O) groups excluding carboxylic acids is 1. The molecule has 2 aromatic rings. The van der Waals surface area contributed by atoms with Gasteiger partial charge in [0.25, 0.3) is 0 Å². The maximum absolute atomic E-state index is 11.3. The van der Waals surface area contributed by atoms with E-state index in [4.69, 9.17) is 4.74 Å². The van der Waals surface area contributed by atoms with E-state index in [0.717, 1.165) is 35.7 Å². The van der Waals surface area contributed by atoms with Crippen LogP contribution in [0.4, 0.5) is 0 Å². The van der Waals surface area contributed by atoms with Crippen LogP contribution in [0.3, 0.4) is 0 Å².